The molecule has 0 N–H and O–H groups in total. The predicted molar refractivity (Wildman–Crippen MR) is 64.6 cm³/mol. The van der Waals surface area contributed by atoms with Crippen molar-refractivity contribution in [3.8, 4) is 11.1 Å². The van der Waals surface area contributed by atoms with E-state index in [0.717, 1.165) is 6.07 Å². The van der Waals surface area contributed by atoms with E-state index >= 15 is 0 Å². The minimum Gasteiger partial charge on any atom is -0.166 e. The number of alkyl halides is 3. The van der Waals surface area contributed by atoms with E-state index in [2.05, 4.69) is 15.9 Å². The molecule has 0 unspecified atom stereocenters. The Labute approximate surface area is 105 Å². The van der Waals surface area contributed by atoms with Crippen molar-refractivity contribution in [1.29, 1.82) is 0 Å². The Morgan fingerprint density at radius 3 is 1.88 bits per heavy atom. The van der Waals surface area contributed by atoms with Crippen LogP contribution in [0.4, 0.5) is 13.2 Å². The maximum atomic E-state index is 12.9. The molecule has 4 heteroatoms. The molecule has 0 amide bonds. The fourth-order valence-electron chi connectivity index (χ4n) is 1.64. The summed E-state index contributed by atoms with van der Waals surface area (Å²) in [5, 5.41) is 0. The quantitative estimate of drug-likeness (QED) is 0.684. The smallest absolute Gasteiger partial charge is 0.166 e. The summed E-state index contributed by atoms with van der Waals surface area (Å²) in [6, 6.07) is 12.4. The molecule has 0 aliphatic carbocycles. The summed E-state index contributed by atoms with van der Waals surface area (Å²) in [6.45, 7) is 0. The normalized spacial score (nSPS) is 11.5. The van der Waals surface area contributed by atoms with E-state index in [1.54, 1.807) is 30.3 Å². The molecule has 2 rings (SSSR count). The Hall–Kier alpha value is -1.29. The van der Waals surface area contributed by atoms with Crippen LogP contribution >= 0.6 is 15.9 Å². The van der Waals surface area contributed by atoms with Crippen LogP contribution in [0.25, 0.3) is 11.1 Å². The van der Waals surface area contributed by atoms with E-state index in [1.165, 1.54) is 12.1 Å². The van der Waals surface area contributed by atoms with Crippen molar-refractivity contribution in [2.24, 2.45) is 0 Å². The summed E-state index contributed by atoms with van der Waals surface area (Å²) in [5.74, 6) is 0. The molecule has 2 aromatic carbocycles. The van der Waals surface area contributed by atoms with Crippen molar-refractivity contribution in [3.05, 3.63) is 58.6 Å². The molecule has 0 bridgehead atoms. The van der Waals surface area contributed by atoms with Crippen LogP contribution in [-0.4, -0.2) is 0 Å². The van der Waals surface area contributed by atoms with Crippen LogP contribution in [0.2, 0.25) is 0 Å². The lowest BCUT2D eigenvalue weighted by Crippen LogP contribution is -2.06. The van der Waals surface area contributed by atoms with Crippen LogP contribution < -0.4 is 0 Å². The molecule has 0 saturated heterocycles. The van der Waals surface area contributed by atoms with Crippen LogP contribution in [0, 0.1) is 0 Å². The zero-order valence-corrected chi connectivity index (χ0v) is 10.2. The average molecular weight is 301 g/mol. The fourth-order valence-corrected chi connectivity index (χ4v) is 2.14. The summed E-state index contributed by atoms with van der Waals surface area (Å²) < 4.78 is 39.2. The third kappa shape index (κ3) is 2.52. The van der Waals surface area contributed by atoms with Crippen molar-refractivity contribution >= 4 is 15.9 Å². The zero-order valence-electron chi connectivity index (χ0n) is 8.63. The number of rotatable bonds is 1. The molecule has 0 aromatic heterocycles. The van der Waals surface area contributed by atoms with E-state index in [-0.39, 0.29) is 5.56 Å². The van der Waals surface area contributed by atoms with Gasteiger partial charge in [-0.05, 0) is 23.3 Å². The molecule has 0 saturated carbocycles. The second-order valence-electron chi connectivity index (χ2n) is 3.52. The molecule has 2 aromatic rings. The van der Waals surface area contributed by atoms with Crippen LogP contribution in [0.1, 0.15) is 5.56 Å². The molecule has 0 heterocycles. The Balaban J connectivity index is 2.65. The standard InChI is InChI=1S/C13H8BrF3/c14-12-8-4-2-6-10(12)9-5-1-3-7-11(9)13(15,16)17/h1-8H. The highest BCUT2D eigenvalue weighted by atomic mass is 79.9. The first-order chi connectivity index (χ1) is 8.00. The lowest BCUT2D eigenvalue weighted by molar-refractivity contribution is -0.137. The van der Waals surface area contributed by atoms with Gasteiger partial charge in [0.1, 0.15) is 0 Å². The van der Waals surface area contributed by atoms with Crippen molar-refractivity contribution in [3.63, 3.8) is 0 Å². The summed E-state index contributed by atoms with van der Waals surface area (Å²) in [5.41, 5.74) is 0.111. The molecule has 0 aliphatic rings. The lowest BCUT2D eigenvalue weighted by Gasteiger charge is -2.13. The Kier molecular flexibility index (Phi) is 3.24. The van der Waals surface area contributed by atoms with Crippen molar-refractivity contribution in [2.45, 2.75) is 6.18 Å². The average Bonchev–Trinajstić information content (AvgIpc) is 2.28. The molecule has 88 valence electrons. The predicted octanol–water partition coefficient (Wildman–Crippen LogP) is 5.13. The van der Waals surface area contributed by atoms with Crippen LogP contribution in [0.15, 0.2) is 53.0 Å². The summed E-state index contributed by atoms with van der Waals surface area (Å²) in [4.78, 5) is 0. The second-order valence-corrected chi connectivity index (χ2v) is 4.38. The second kappa shape index (κ2) is 4.53. The van der Waals surface area contributed by atoms with Gasteiger partial charge in [0.25, 0.3) is 0 Å². The minimum absolute atomic E-state index is 0.187. The van der Waals surface area contributed by atoms with E-state index in [4.69, 9.17) is 0 Å². The first-order valence-electron chi connectivity index (χ1n) is 4.91. The summed E-state index contributed by atoms with van der Waals surface area (Å²) >= 11 is 3.27. The molecule has 0 atom stereocenters. The Morgan fingerprint density at radius 1 is 0.765 bits per heavy atom. The van der Waals surface area contributed by atoms with Gasteiger partial charge in [0, 0.05) is 4.47 Å². The van der Waals surface area contributed by atoms with Gasteiger partial charge in [-0.1, -0.05) is 52.3 Å². The Morgan fingerprint density at radius 2 is 1.29 bits per heavy atom. The molecule has 0 radical (unpaired) electrons. The molecule has 17 heavy (non-hydrogen) atoms. The first kappa shape index (κ1) is 12.2. The maximum Gasteiger partial charge on any atom is 0.417 e. The largest absolute Gasteiger partial charge is 0.417 e. The highest BCUT2D eigenvalue weighted by Gasteiger charge is 2.33. The number of hydrogen-bond acceptors (Lipinski definition) is 0. The molecule has 0 spiro atoms. The third-order valence-electron chi connectivity index (χ3n) is 2.40. The number of halogens is 4. The third-order valence-corrected chi connectivity index (χ3v) is 3.09. The van der Waals surface area contributed by atoms with Gasteiger partial charge in [-0.15, -0.1) is 0 Å². The van der Waals surface area contributed by atoms with Crippen LogP contribution in [0.5, 0.6) is 0 Å². The van der Waals surface area contributed by atoms with Crippen molar-refractivity contribution in [1.82, 2.24) is 0 Å². The van der Waals surface area contributed by atoms with Crippen LogP contribution in [0.3, 0.4) is 0 Å². The number of hydrogen-bond donors (Lipinski definition) is 0. The summed E-state index contributed by atoms with van der Waals surface area (Å²) in [6.07, 6.45) is -4.34. The number of benzene rings is 2. The lowest BCUT2D eigenvalue weighted by atomic mass is 9.99. The zero-order chi connectivity index (χ0) is 12.5. The maximum absolute atomic E-state index is 12.9. The van der Waals surface area contributed by atoms with E-state index < -0.39 is 11.7 Å². The van der Waals surface area contributed by atoms with E-state index in [9.17, 15) is 13.2 Å². The Bertz CT molecular complexity index is 532. The van der Waals surface area contributed by atoms with E-state index in [1.807, 2.05) is 0 Å². The van der Waals surface area contributed by atoms with Gasteiger partial charge in [0.15, 0.2) is 0 Å². The van der Waals surface area contributed by atoms with Gasteiger partial charge in [-0.2, -0.15) is 13.2 Å². The van der Waals surface area contributed by atoms with Gasteiger partial charge in [0.2, 0.25) is 0 Å². The summed E-state index contributed by atoms with van der Waals surface area (Å²) in [7, 11) is 0. The molecule has 0 nitrogen and oxygen atoms in total. The minimum atomic E-state index is -4.34. The molecule has 0 aliphatic heterocycles. The van der Waals surface area contributed by atoms with Gasteiger partial charge >= 0.3 is 6.18 Å². The topological polar surface area (TPSA) is 0 Å². The van der Waals surface area contributed by atoms with Gasteiger partial charge < -0.3 is 0 Å². The van der Waals surface area contributed by atoms with Gasteiger partial charge in [-0.3, -0.25) is 0 Å². The van der Waals surface area contributed by atoms with Crippen molar-refractivity contribution < 1.29 is 13.2 Å². The van der Waals surface area contributed by atoms with Gasteiger partial charge in [0.05, 0.1) is 5.56 Å². The SMILES string of the molecule is FC(F)(F)c1ccccc1-c1ccccc1Br. The highest BCUT2D eigenvalue weighted by molar-refractivity contribution is 9.10. The molecular formula is C13H8BrF3. The molecular weight excluding hydrogens is 293 g/mol. The molecule has 0 fully saturated rings. The van der Waals surface area contributed by atoms with Crippen molar-refractivity contribution in [2.75, 3.05) is 0 Å². The fraction of sp³-hybridized carbons (Fsp3) is 0.0769. The van der Waals surface area contributed by atoms with Crippen LogP contribution in [-0.2, 0) is 6.18 Å². The monoisotopic (exact) mass is 300 g/mol. The van der Waals surface area contributed by atoms with E-state index in [0.29, 0.717) is 10.0 Å². The highest BCUT2D eigenvalue weighted by Crippen LogP contribution is 2.39. The van der Waals surface area contributed by atoms with Gasteiger partial charge in [-0.25, -0.2) is 0 Å². The first-order valence-corrected chi connectivity index (χ1v) is 5.70.